The summed E-state index contributed by atoms with van der Waals surface area (Å²) >= 11 is 0. The van der Waals surface area contributed by atoms with Crippen LogP contribution in [0.15, 0.2) is 4.99 Å². The van der Waals surface area contributed by atoms with Gasteiger partial charge in [-0.2, -0.15) is 0 Å². The van der Waals surface area contributed by atoms with E-state index in [1.165, 1.54) is 6.26 Å². The summed E-state index contributed by atoms with van der Waals surface area (Å²) in [5.41, 5.74) is 0.0371. The van der Waals surface area contributed by atoms with Gasteiger partial charge in [0, 0.05) is 33.5 Å². The maximum atomic E-state index is 10.9. The van der Waals surface area contributed by atoms with Crippen LogP contribution in [-0.4, -0.2) is 73.0 Å². The molecule has 9 heteroatoms. The van der Waals surface area contributed by atoms with Crippen molar-refractivity contribution in [3.8, 4) is 0 Å². The third-order valence-electron chi connectivity index (χ3n) is 3.07. The van der Waals surface area contributed by atoms with Crippen LogP contribution in [0.4, 0.5) is 0 Å². The Morgan fingerprint density at radius 3 is 2.26 bits per heavy atom. The summed E-state index contributed by atoms with van der Waals surface area (Å²) in [6.07, 6.45) is 1.26. The molecule has 0 saturated carbocycles. The molecule has 0 saturated heterocycles. The highest BCUT2D eigenvalue weighted by Gasteiger charge is 2.24. The molecule has 0 aromatic heterocycles. The molecule has 0 aliphatic heterocycles. The van der Waals surface area contributed by atoms with E-state index in [0.717, 1.165) is 0 Å². The monoisotopic (exact) mass is 465 g/mol. The Kier molecular flexibility index (Phi) is 13.4. The van der Waals surface area contributed by atoms with Crippen LogP contribution in [0.2, 0.25) is 0 Å². The second kappa shape index (κ2) is 12.3. The van der Waals surface area contributed by atoms with Crippen molar-refractivity contribution in [2.24, 2.45) is 10.4 Å². The summed E-state index contributed by atoms with van der Waals surface area (Å²) in [5.74, 6) is 0.708. The van der Waals surface area contributed by atoms with Crippen molar-refractivity contribution >= 4 is 39.8 Å². The normalized spacial score (nSPS) is 14.1. The molecule has 0 aliphatic rings. The van der Waals surface area contributed by atoms with Crippen molar-refractivity contribution in [3.63, 3.8) is 0 Å². The molecule has 0 heterocycles. The lowest BCUT2D eigenvalue weighted by atomic mass is 9.89. The van der Waals surface area contributed by atoms with E-state index in [0.29, 0.717) is 25.7 Å². The van der Waals surface area contributed by atoms with E-state index < -0.39 is 9.84 Å². The Labute approximate surface area is 157 Å². The highest BCUT2D eigenvalue weighted by Crippen LogP contribution is 2.20. The lowest BCUT2D eigenvalue weighted by molar-refractivity contribution is 0.0205. The van der Waals surface area contributed by atoms with E-state index in [1.807, 2.05) is 0 Å². The average molecular weight is 465 g/mol. The first kappa shape index (κ1) is 25.1. The minimum Gasteiger partial charge on any atom is -0.379 e. The topological polar surface area (TPSA) is 89.0 Å². The number of aliphatic imine (C=N–C) groups is 1. The summed E-state index contributed by atoms with van der Waals surface area (Å²) in [5, 5.41) is 6.31. The van der Waals surface area contributed by atoms with Crippen LogP contribution in [-0.2, 0) is 19.3 Å². The van der Waals surface area contributed by atoms with Crippen molar-refractivity contribution in [3.05, 3.63) is 0 Å². The first-order chi connectivity index (χ1) is 10.1. The van der Waals surface area contributed by atoms with Gasteiger partial charge in [0.05, 0.1) is 25.1 Å². The molecule has 140 valence electrons. The first-order valence-corrected chi connectivity index (χ1v) is 9.39. The van der Waals surface area contributed by atoms with Gasteiger partial charge in [-0.25, -0.2) is 8.42 Å². The van der Waals surface area contributed by atoms with Gasteiger partial charge < -0.3 is 20.1 Å². The minimum atomic E-state index is -2.96. The number of halogens is 1. The van der Waals surface area contributed by atoms with Crippen molar-refractivity contribution in [2.75, 3.05) is 52.5 Å². The molecule has 0 radical (unpaired) electrons. The maximum Gasteiger partial charge on any atom is 0.191 e. The standard InChI is InChI=1S/C14H31N3O4S.HI/c1-14(2,3)12(20-5)11-17-13(15-4)16-7-8-21-9-10-22(6,18)19;/h12H,7-11H2,1-6H3,(H2,15,16,17);1H. The Hall–Kier alpha value is -0.130. The summed E-state index contributed by atoms with van der Waals surface area (Å²) < 4.78 is 32.6. The number of guanidine groups is 1. The molecular formula is C14H32IN3O4S. The number of methoxy groups -OCH3 is 1. The molecule has 0 aliphatic carbocycles. The quantitative estimate of drug-likeness (QED) is 0.228. The molecule has 0 bridgehead atoms. The zero-order chi connectivity index (χ0) is 17.2. The van der Waals surface area contributed by atoms with Crippen LogP contribution in [0.1, 0.15) is 20.8 Å². The Bertz CT molecular complexity index is 436. The van der Waals surface area contributed by atoms with E-state index >= 15 is 0 Å². The fourth-order valence-electron chi connectivity index (χ4n) is 1.71. The van der Waals surface area contributed by atoms with Crippen LogP contribution in [0.3, 0.4) is 0 Å². The number of hydrogen-bond acceptors (Lipinski definition) is 5. The lowest BCUT2D eigenvalue weighted by Crippen LogP contribution is -2.46. The lowest BCUT2D eigenvalue weighted by Gasteiger charge is -2.30. The summed E-state index contributed by atoms with van der Waals surface area (Å²) in [7, 11) is 0.428. The van der Waals surface area contributed by atoms with Gasteiger partial charge >= 0.3 is 0 Å². The van der Waals surface area contributed by atoms with Crippen LogP contribution in [0.5, 0.6) is 0 Å². The van der Waals surface area contributed by atoms with E-state index in [2.05, 4.69) is 36.4 Å². The van der Waals surface area contributed by atoms with Crippen molar-refractivity contribution in [2.45, 2.75) is 26.9 Å². The number of sulfone groups is 1. The Morgan fingerprint density at radius 1 is 1.22 bits per heavy atom. The molecule has 0 rings (SSSR count). The van der Waals surface area contributed by atoms with Crippen LogP contribution >= 0.6 is 24.0 Å². The molecule has 1 unspecified atom stereocenters. The van der Waals surface area contributed by atoms with Gasteiger partial charge in [0.15, 0.2) is 5.96 Å². The largest absolute Gasteiger partial charge is 0.379 e. The predicted octanol–water partition coefficient (Wildman–Crippen LogP) is 0.892. The first-order valence-electron chi connectivity index (χ1n) is 7.33. The van der Waals surface area contributed by atoms with Gasteiger partial charge in [-0.15, -0.1) is 24.0 Å². The molecule has 1 atom stereocenters. The predicted molar refractivity (Wildman–Crippen MR) is 106 cm³/mol. The SMILES string of the molecule is CN=C(NCCOCCS(C)(=O)=O)NCC(OC)C(C)(C)C.I. The third-order valence-corrected chi connectivity index (χ3v) is 3.97. The van der Waals surface area contributed by atoms with E-state index in [1.54, 1.807) is 14.2 Å². The summed E-state index contributed by atoms with van der Waals surface area (Å²) in [6.45, 7) is 8.19. The van der Waals surface area contributed by atoms with E-state index in [9.17, 15) is 8.42 Å². The van der Waals surface area contributed by atoms with Gasteiger partial charge in [-0.1, -0.05) is 20.8 Å². The third kappa shape index (κ3) is 14.0. The summed E-state index contributed by atoms with van der Waals surface area (Å²) in [6, 6.07) is 0. The smallest absolute Gasteiger partial charge is 0.191 e. The Morgan fingerprint density at radius 2 is 1.83 bits per heavy atom. The van der Waals surface area contributed by atoms with Crippen molar-refractivity contribution in [1.82, 2.24) is 10.6 Å². The van der Waals surface area contributed by atoms with E-state index in [-0.39, 0.29) is 47.9 Å². The van der Waals surface area contributed by atoms with Gasteiger partial charge in [-0.05, 0) is 5.41 Å². The number of hydrogen-bond donors (Lipinski definition) is 2. The van der Waals surface area contributed by atoms with Crippen LogP contribution < -0.4 is 10.6 Å². The molecule has 0 aromatic rings. The Balaban J connectivity index is 0. The molecule has 0 fully saturated rings. The summed E-state index contributed by atoms with van der Waals surface area (Å²) in [4.78, 5) is 4.12. The van der Waals surface area contributed by atoms with Gasteiger partial charge in [0.25, 0.3) is 0 Å². The number of ether oxygens (including phenoxy) is 2. The zero-order valence-corrected chi connectivity index (χ0v) is 18.2. The molecule has 0 aromatic carbocycles. The van der Waals surface area contributed by atoms with Crippen LogP contribution in [0.25, 0.3) is 0 Å². The van der Waals surface area contributed by atoms with Gasteiger partial charge in [0.2, 0.25) is 0 Å². The van der Waals surface area contributed by atoms with E-state index in [4.69, 9.17) is 9.47 Å². The fraction of sp³-hybridized carbons (Fsp3) is 0.929. The molecule has 7 nitrogen and oxygen atoms in total. The van der Waals surface area contributed by atoms with Crippen molar-refractivity contribution in [1.29, 1.82) is 0 Å². The van der Waals surface area contributed by atoms with Gasteiger partial charge in [0.1, 0.15) is 9.84 Å². The maximum absolute atomic E-state index is 10.9. The molecule has 0 spiro atoms. The molecule has 23 heavy (non-hydrogen) atoms. The fourth-order valence-corrected chi connectivity index (χ4v) is 2.13. The number of nitrogens with one attached hydrogen (secondary N) is 2. The van der Waals surface area contributed by atoms with Crippen LogP contribution in [0, 0.1) is 5.41 Å². The molecular weight excluding hydrogens is 433 g/mol. The van der Waals surface area contributed by atoms with Crippen molar-refractivity contribution < 1.29 is 17.9 Å². The van der Waals surface area contributed by atoms with Gasteiger partial charge in [-0.3, -0.25) is 4.99 Å². The second-order valence-corrected chi connectivity index (χ2v) is 8.47. The highest BCUT2D eigenvalue weighted by molar-refractivity contribution is 14.0. The second-order valence-electron chi connectivity index (χ2n) is 6.21. The highest BCUT2D eigenvalue weighted by atomic mass is 127. The average Bonchev–Trinajstić information content (AvgIpc) is 2.38. The zero-order valence-electron chi connectivity index (χ0n) is 15.0. The minimum absolute atomic E-state index is 0. The number of nitrogens with zero attached hydrogens (tertiary/aromatic N) is 1. The number of rotatable bonds is 9. The molecule has 2 N–H and O–H groups in total. The molecule has 0 amide bonds.